The summed E-state index contributed by atoms with van der Waals surface area (Å²) in [6.45, 7) is 4.97. The van der Waals surface area contributed by atoms with Gasteiger partial charge in [-0.1, -0.05) is 50.7 Å². The second kappa shape index (κ2) is 14.1. The summed E-state index contributed by atoms with van der Waals surface area (Å²) in [5, 5.41) is 0. The Morgan fingerprint density at radius 1 is 0.536 bits per heavy atom. The third kappa shape index (κ3) is 5.93. The van der Waals surface area contributed by atoms with Gasteiger partial charge < -0.3 is 9.47 Å². The number of hydrogen-bond acceptors (Lipinski definition) is 6. The van der Waals surface area contributed by atoms with Gasteiger partial charge in [0.05, 0.1) is 11.1 Å². The molecular weight excluding hydrogens is 693 g/mol. The third-order valence-corrected chi connectivity index (χ3v) is 17.1. The zero-order valence-corrected chi connectivity index (χ0v) is 33.3. The van der Waals surface area contributed by atoms with Crippen LogP contribution in [0.25, 0.3) is 0 Å². The molecule has 6 nitrogen and oxygen atoms in total. The lowest BCUT2D eigenvalue weighted by molar-refractivity contribution is -0.0240. The molecule has 8 aliphatic rings. The van der Waals surface area contributed by atoms with Crippen molar-refractivity contribution in [1.82, 2.24) is 9.80 Å². The number of fused-ring (bicyclic) bond motifs is 2. The summed E-state index contributed by atoms with van der Waals surface area (Å²) >= 11 is 0. The molecule has 0 aromatic heterocycles. The fraction of sp³-hybridized carbons (Fsp3) is 0.600. The molecule has 3 aromatic carbocycles. The van der Waals surface area contributed by atoms with E-state index in [9.17, 15) is 9.59 Å². The molecule has 2 saturated heterocycles. The van der Waals surface area contributed by atoms with Gasteiger partial charge in [0, 0.05) is 36.0 Å². The first kappa shape index (κ1) is 35.7. The molecule has 0 N–H and O–H groups in total. The maximum absolute atomic E-state index is 13.5. The van der Waals surface area contributed by atoms with Gasteiger partial charge in [-0.05, 0) is 185 Å². The highest BCUT2D eigenvalue weighted by atomic mass is 16.5. The zero-order valence-electron chi connectivity index (χ0n) is 33.3. The van der Waals surface area contributed by atoms with E-state index in [1.54, 1.807) is 24.3 Å². The third-order valence-electron chi connectivity index (χ3n) is 17.1. The number of nitrogens with zero attached hydrogens (tertiary/aromatic N) is 2. The van der Waals surface area contributed by atoms with Crippen molar-refractivity contribution in [2.75, 3.05) is 26.2 Å². The Kier molecular flexibility index (Phi) is 8.99. The first-order chi connectivity index (χ1) is 27.5. The molecule has 0 unspecified atom stereocenters. The second-order valence-electron chi connectivity index (χ2n) is 19.6. The van der Waals surface area contributed by atoms with Crippen molar-refractivity contribution < 1.29 is 19.1 Å². The first-order valence-electron chi connectivity index (χ1n) is 22.8. The van der Waals surface area contributed by atoms with Crippen molar-refractivity contribution in [2.24, 2.45) is 23.7 Å². The summed E-state index contributed by atoms with van der Waals surface area (Å²) in [6, 6.07) is 21.0. The molecule has 2 aliphatic heterocycles. The van der Waals surface area contributed by atoms with Crippen LogP contribution < -0.4 is 9.47 Å². The zero-order chi connectivity index (χ0) is 37.4. The quantitative estimate of drug-likeness (QED) is 0.169. The van der Waals surface area contributed by atoms with Crippen LogP contribution in [0, 0.1) is 23.7 Å². The van der Waals surface area contributed by atoms with E-state index in [4.69, 9.17) is 9.47 Å². The van der Waals surface area contributed by atoms with E-state index in [1.165, 1.54) is 151 Å². The summed E-state index contributed by atoms with van der Waals surface area (Å²) in [5.74, 6) is 3.70. The molecule has 0 radical (unpaired) electrons. The van der Waals surface area contributed by atoms with Crippen LogP contribution in [0.5, 0.6) is 11.5 Å². The molecule has 3 aromatic rings. The predicted molar refractivity (Wildman–Crippen MR) is 219 cm³/mol. The smallest absolute Gasteiger partial charge is 0.343 e. The average Bonchev–Trinajstić information content (AvgIpc) is 3.19. The number of carbonyl (C=O) groups excluding carboxylic acids is 2. The van der Waals surface area contributed by atoms with E-state index >= 15 is 0 Å². The molecule has 6 aliphatic carbocycles. The summed E-state index contributed by atoms with van der Waals surface area (Å²) in [5.41, 5.74) is 7.10. The number of esters is 2. The Bertz CT molecular complexity index is 1860. The molecule has 294 valence electrons. The van der Waals surface area contributed by atoms with Gasteiger partial charge in [-0.3, -0.25) is 9.80 Å². The topological polar surface area (TPSA) is 59.1 Å². The van der Waals surface area contributed by atoms with Gasteiger partial charge in [0.15, 0.2) is 0 Å². The number of rotatable bonds is 8. The number of ether oxygens (including phenoxy) is 2. The molecule has 56 heavy (non-hydrogen) atoms. The fourth-order valence-electron chi connectivity index (χ4n) is 13.8. The van der Waals surface area contributed by atoms with Crippen LogP contribution in [0.4, 0.5) is 0 Å². The maximum atomic E-state index is 13.5. The molecule has 2 heterocycles. The molecule has 11 rings (SSSR count). The standard InChI is InChI=1S/C50H60N2O4/c53-47(55-39-19-17-37-27-45-41-11-1-3-21-49(41,43(37)29-39)23-25-51(45)31-33-7-5-8-33)35-13-15-36(16-14-35)48(54)56-40-20-18-38-28-46-42-12-2-4-22-50(42,44(38)30-40)24-26-52(46)32-34-9-6-10-34/h13-20,29-30,33-34,41-42,45-46H,1-12,21-28,31-32H2/t41-,42-,45-,46-,49+,50+/m0/s1. The second-order valence-corrected chi connectivity index (χ2v) is 19.6. The minimum Gasteiger partial charge on any atom is -0.423 e. The summed E-state index contributed by atoms with van der Waals surface area (Å²) < 4.78 is 12.1. The van der Waals surface area contributed by atoms with Crippen LogP contribution in [-0.2, 0) is 23.7 Å². The fourth-order valence-corrected chi connectivity index (χ4v) is 13.8. The Morgan fingerprint density at radius 3 is 1.39 bits per heavy atom. The molecular formula is C50H60N2O4. The van der Waals surface area contributed by atoms with Gasteiger partial charge in [-0.15, -0.1) is 0 Å². The predicted octanol–water partition coefficient (Wildman–Crippen LogP) is 9.84. The highest BCUT2D eigenvalue weighted by Gasteiger charge is 2.55. The van der Waals surface area contributed by atoms with E-state index in [0.29, 0.717) is 46.5 Å². The number of hydrogen-bond donors (Lipinski definition) is 0. The highest BCUT2D eigenvalue weighted by molar-refractivity contribution is 5.95. The van der Waals surface area contributed by atoms with Crippen LogP contribution in [0.1, 0.15) is 146 Å². The van der Waals surface area contributed by atoms with Crippen molar-refractivity contribution in [2.45, 2.75) is 138 Å². The highest BCUT2D eigenvalue weighted by Crippen LogP contribution is 2.58. The number of carbonyl (C=O) groups is 2. The Hall–Kier alpha value is -3.48. The number of likely N-dealkylation sites (tertiary alicyclic amines) is 2. The lowest BCUT2D eigenvalue weighted by atomic mass is 9.52. The average molecular weight is 753 g/mol. The van der Waals surface area contributed by atoms with Crippen LogP contribution in [-0.4, -0.2) is 60.0 Å². The van der Waals surface area contributed by atoms with Crippen molar-refractivity contribution in [1.29, 1.82) is 0 Å². The van der Waals surface area contributed by atoms with E-state index in [-0.39, 0.29) is 22.8 Å². The lowest BCUT2D eigenvalue weighted by Crippen LogP contribution is -2.61. The molecule has 6 atom stereocenters. The summed E-state index contributed by atoms with van der Waals surface area (Å²) in [6.07, 6.45) is 23.5. The van der Waals surface area contributed by atoms with Gasteiger partial charge in [0.25, 0.3) is 0 Å². The molecule has 4 bridgehead atoms. The maximum Gasteiger partial charge on any atom is 0.343 e. The normalized spacial score (nSPS) is 32.4. The van der Waals surface area contributed by atoms with E-state index < -0.39 is 0 Å². The Labute approximate surface area is 333 Å². The molecule has 6 fully saturated rings. The minimum atomic E-state index is -0.389. The van der Waals surface area contributed by atoms with E-state index in [1.807, 2.05) is 12.1 Å². The van der Waals surface area contributed by atoms with Gasteiger partial charge in [-0.25, -0.2) is 9.59 Å². The van der Waals surface area contributed by atoms with Crippen LogP contribution >= 0.6 is 0 Å². The van der Waals surface area contributed by atoms with Crippen molar-refractivity contribution in [3.05, 3.63) is 94.0 Å². The SMILES string of the molecule is O=C(Oc1ccc2c(c1)[C@@]13CCCC[C@H]1[C@H](C2)N(CC1CCC1)CC3)c1ccc(C(=O)Oc2ccc3c(c2)[C@@]24CCCC[C@H]2[C@H](C3)N(CC2CCC2)CC4)cc1. The molecule has 6 heteroatoms. The van der Waals surface area contributed by atoms with Crippen LogP contribution in [0.15, 0.2) is 60.7 Å². The van der Waals surface area contributed by atoms with Gasteiger partial charge in [0.1, 0.15) is 11.5 Å². The summed E-state index contributed by atoms with van der Waals surface area (Å²) in [4.78, 5) is 32.7. The number of benzene rings is 3. The largest absolute Gasteiger partial charge is 0.423 e. The summed E-state index contributed by atoms with van der Waals surface area (Å²) in [7, 11) is 0. The minimum absolute atomic E-state index is 0.210. The molecule has 0 amide bonds. The van der Waals surface area contributed by atoms with Gasteiger partial charge in [-0.2, -0.15) is 0 Å². The first-order valence-corrected chi connectivity index (χ1v) is 22.8. The van der Waals surface area contributed by atoms with E-state index in [2.05, 4.69) is 34.1 Å². The van der Waals surface area contributed by atoms with Crippen LogP contribution in [0.3, 0.4) is 0 Å². The lowest BCUT2D eigenvalue weighted by Gasteiger charge is -2.59. The van der Waals surface area contributed by atoms with E-state index in [0.717, 1.165) is 24.7 Å². The van der Waals surface area contributed by atoms with Crippen LogP contribution in [0.2, 0.25) is 0 Å². The van der Waals surface area contributed by atoms with Gasteiger partial charge in [0.2, 0.25) is 0 Å². The monoisotopic (exact) mass is 752 g/mol. The molecule has 0 spiro atoms. The van der Waals surface area contributed by atoms with Gasteiger partial charge >= 0.3 is 11.9 Å². The Morgan fingerprint density at radius 2 is 0.982 bits per heavy atom. The van der Waals surface area contributed by atoms with Crippen molar-refractivity contribution in [3.8, 4) is 11.5 Å². The Balaban J connectivity index is 0.770. The molecule has 4 saturated carbocycles. The number of piperidine rings is 2. The van der Waals surface area contributed by atoms with Crippen molar-refractivity contribution in [3.63, 3.8) is 0 Å². The van der Waals surface area contributed by atoms with Crippen molar-refractivity contribution >= 4 is 11.9 Å².